The van der Waals surface area contributed by atoms with Crippen molar-refractivity contribution in [1.82, 2.24) is 0 Å². The van der Waals surface area contributed by atoms with Crippen LogP contribution in [0.1, 0.15) is 18.1 Å². The number of thiophene rings is 1. The highest BCUT2D eigenvalue weighted by atomic mass is 32.2. The first-order valence-corrected chi connectivity index (χ1v) is 10.9. The van der Waals surface area contributed by atoms with Crippen LogP contribution in [0.5, 0.6) is 0 Å². The Kier molecular flexibility index (Phi) is 5.93. The molecule has 7 heteroatoms. The molecule has 0 saturated heterocycles. The summed E-state index contributed by atoms with van der Waals surface area (Å²) >= 11 is 1.16. The van der Waals surface area contributed by atoms with E-state index in [4.69, 9.17) is 0 Å². The molecule has 0 aliphatic carbocycles. The van der Waals surface area contributed by atoms with Crippen molar-refractivity contribution < 1.29 is 13.2 Å². The topological polar surface area (TPSA) is 75.3 Å². The molecule has 140 valence electrons. The molecule has 0 aliphatic heterocycles. The molecule has 1 aromatic heterocycles. The number of rotatable bonds is 7. The van der Waals surface area contributed by atoms with E-state index in [0.29, 0.717) is 5.69 Å². The Morgan fingerprint density at radius 2 is 1.56 bits per heavy atom. The summed E-state index contributed by atoms with van der Waals surface area (Å²) in [5.41, 5.74) is 3.24. The van der Waals surface area contributed by atoms with Crippen LogP contribution in [0.4, 0.5) is 11.4 Å². The maximum atomic E-state index is 12.2. The van der Waals surface area contributed by atoms with Crippen molar-refractivity contribution in [2.75, 3.05) is 10.0 Å². The summed E-state index contributed by atoms with van der Waals surface area (Å²) in [6, 6.07) is 17.8. The lowest BCUT2D eigenvalue weighted by atomic mass is 10.1. The average molecular weight is 401 g/mol. The van der Waals surface area contributed by atoms with Gasteiger partial charge in [0.15, 0.2) is 0 Å². The molecule has 3 rings (SSSR count). The van der Waals surface area contributed by atoms with Crippen molar-refractivity contribution in [3.8, 4) is 0 Å². The van der Waals surface area contributed by atoms with E-state index < -0.39 is 10.0 Å². The van der Waals surface area contributed by atoms with Gasteiger partial charge in [-0.3, -0.25) is 9.52 Å². The van der Waals surface area contributed by atoms with Crippen molar-refractivity contribution in [1.29, 1.82) is 0 Å². The lowest BCUT2D eigenvalue weighted by molar-refractivity contribution is -0.115. The fourth-order valence-electron chi connectivity index (χ4n) is 2.53. The number of hydrogen-bond donors (Lipinski definition) is 2. The monoisotopic (exact) mass is 400 g/mol. The van der Waals surface area contributed by atoms with Gasteiger partial charge in [0.05, 0.1) is 6.42 Å². The van der Waals surface area contributed by atoms with Crippen LogP contribution < -0.4 is 10.0 Å². The first-order chi connectivity index (χ1) is 13.0. The number of nitrogens with one attached hydrogen (secondary N) is 2. The van der Waals surface area contributed by atoms with Crippen LogP contribution in [0, 0.1) is 0 Å². The van der Waals surface area contributed by atoms with Gasteiger partial charge in [0.1, 0.15) is 4.21 Å². The second kappa shape index (κ2) is 8.37. The summed E-state index contributed by atoms with van der Waals surface area (Å²) in [6.45, 7) is 2.08. The Morgan fingerprint density at radius 3 is 2.15 bits per heavy atom. The van der Waals surface area contributed by atoms with Crippen molar-refractivity contribution >= 4 is 38.6 Å². The summed E-state index contributed by atoms with van der Waals surface area (Å²) in [6.07, 6.45) is 1.17. The van der Waals surface area contributed by atoms with Gasteiger partial charge in [-0.05, 0) is 53.3 Å². The van der Waals surface area contributed by atoms with Crippen LogP contribution >= 0.6 is 11.3 Å². The van der Waals surface area contributed by atoms with Crippen LogP contribution in [0.2, 0.25) is 0 Å². The third-order valence-electron chi connectivity index (χ3n) is 3.98. The molecule has 27 heavy (non-hydrogen) atoms. The Labute approximate surface area is 163 Å². The van der Waals surface area contributed by atoms with Gasteiger partial charge >= 0.3 is 0 Å². The number of carbonyl (C=O) groups is 1. The summed E-state index contributed by atoms with van der Waals surface area (Å²) in [4.78, 5) is 12.2. The molecule has 0 saturated carbocycles. The number of hydrogen-bond acceptors (Lipinski definition) is 4. The lowest BCUT2D eigenvalue weighted by Crippen LogP contribution is -2.14. The number of carbonyl (C=O) groups excluding carboxylic acids is 1. The van der Waals surface area contributed by atoms with E-state index in [1.807, 2.05) is 24.3 Å². The molecular formula is C20H20N2O3S2. The fourth-order valence-corrected chi connectivity index (χ4v) is 4.58. The molecular weight excluding hydrogens is 380 g/mol. The van der Waals surface area contributed by atoms with E-state index in [1.165, 1.54) is 5.56 Å². The molecule has 2 N–H and O–H groups in total. The zero-order valence-electron chi connectivity index (χ0n) is 14.8. The smallest absolute Gasteiger partial charge is 0.271 e. The van der Waals surface area contributed by atoms with Crippen LogP contribution in [0.3, 0.4) is 0 Å². The Bertz CT molecular complexity index is 994. The molecule has 0 spiro atoms. The molecule has 0 fully saturated rings. The van der Waals surface area contributed by atoms with Crippen LogP contribution in [-0.4, -0.2) is 14.3 Å². The van der Waals surface area contributed by atoms with Crippen molar-refractivity contribution in [2.45, 2.75) is 24.0 Å². The number of anilines is 2. The summed E-state index contributed by atoms with van der Waals surface area (Å²) in [5.74, 6) is -0.119. The van der Waals surface area contributed by atoms with Crippen LogP contribution in [-0.2, 0) is 27.7 Å². The SMILES string of the molecule is CCc1ccc(NC(=O)Cc2ccc(NS(=O)(=O)c3cccs3)cc2)cc1. The highest BCUT2D eigenvalue weighted by Gasteiger charge is 2.15. The van der Waals surface area contributed by atoms with E-state index in [-0.39, 0.29) is 16.5 Å². The van der Waals surface area contributed by atoms with Crippen molar-refractivity contribution in [2.24, 2.45) is 0 Å². The normalized spacial score (nSPS) is 11.1. The lowest BCUT2D eigenvalue weighted by Gasteiger charge is -2.08. The van der Waals surface area contributed by atoms with Crippen molar-refractivity contribution in [3.63, 3.8) is 0 Å². The maximum Gasteiger partial charge on any atom is 0.271 e. The first kappa shape index (κ1) is 19.1. The van der Waals surface area contributed by atoms with Gasteiger partial charge in [0.25, 0.3) is 10.0 Å². The van der Waals surface area contributed by atoms with Crippen molar-refractivity contribution in [3.05, 3.63) is 77.2 Å². The Morgan fingerprint density at radius 1 is 0.926 bits per heavy atom. The summed E-state index contributed by atoms with van der Waals surface area (Å²) in [5, 5.41) is 4.58. The third-order valence-corrected chi connectivity index (χ3v) is 6.76. The minimum absolute atomic E-state index is 0.119. The van der Waals surface area contributed by atoms with E-state index in [0.717, 1.165) is 29.0 Å². The fraction of sp³-hybridized carbons (Fsp3) is 0.150. The van der Waals surface area contributed by atoms with E-state index in [9.17, 15) is 13.2 Å². The number of amides is 1. The molecule has 1 amide bonds. The summed E-state index contributed by atoms with van der Waals surface area (Å²) in [7, 11) is -3.56. The van der Waals surface area contributed by atoms with Gasteiger partial charge in [-0.2, -0.15) is 0 Å². The molecule has 0 unspecified atom stereocenters. The predicted octanol–water partition coefficient (Wildman–Crippen LogP) is 4.29. The van der Waals surface area contributed by atoms with Gasteiger partial charge in [-0.25, -0.2) is 8.42 Å². The minimum atomic E-state index is -3.56. The van der Waals surface area contributed by atoms with Gasteiger partial charge in [0.2, 0.25) is 5.91 Å². The molecule has 0 radical (unpaired) electrons. The van der Waals surface area contributed by atoms with Gasteiger partial charge in [-0.1, -0.05) is 37.3 Å². The molecule has 0 aliphatic rings. The number of aryl methyl sites for hydroxylation is 1. The third kappa shape index (κ3) is 5.18. The van der Waals surface area contributed by atoms with Crippen LogP contribution in [0.25, 0.3) is 0 Å². The largest absolute Gasteiger partial charge is 0.326 e. The minimum Gasteiger partial charge on any atom is -0.326 e. The highest BCUT2D eigenvalue weighted by Crippen LogP contribution is 2.20. The number of benzene rings is 2. The highest BCUT2D eigenvalue weighted by molar-refractivity contribution is 7.94. The van der Waals surface area contributed by atoms with E-state index in [1.54, 1.807) is 41.8 Å². The molecule has 0 bridgehead atoms. The van der Waals surface area contributed by atoms with Crippen LogP contribution in [0.15, 0.2) is 70.3 Å². The molecule has 1 heterocycles. The van der Waals surface area contributed by atoms with E-state index >= 15 is 0 Å². The summed E-state index contributed by atoms with van der Waals surface area (Å²) < 4.78 is 27.2. The molecule has 2 aromatic carbocycles. The second-order valence-electron chi connectivity index (χ2n) is 6.01. The second-order valence-corrected chi connectivity index (χ2v) is 8.87. The van der Waals surface area contributed by atoms with Gasteiger partial charge < -0.3 is 5.32 Å². The van der Waals surface area contributed by atoms with Gasteiger partial charge in [-0.15, -0.1) is 11.3 Å². The quantitative estimate of drug-likeness (QED) is 0.621. The predicted molar refractivity (Wildman–Crippen MR) is 110 cm³/mol. The standard InChI is InChI=1S/C20H20N2O3S2/c1-2-15-5-9-17(10-6-15)21-19(23)14-16-7-11-18(12-8-16)22-27(24,25)20-4-3-13-26-20/h3-13,22H,2,14H2,1H3,(H,21,23). The molecule has 0 atom stereocenters. The first-order valence-electron chi connectivity index (χ1n) is 8.50. The zero-order valence-corrected chi connectivity index (χ0v) is 16.4. The number of sulfonamides is 1. The zero-order chi connectivity index (χ0) is 19.3. The maximum absolute atomic E-state index is 12.2. The molecule has 5 nitrogen and oxygen atoms in total. The molecule has 3 aromatic rings. The van der Waals surface area contributed by atoms with Gasteiger partial charge in [0, 0.05) is 11.4 Å². The van der Waals surface area contributed by atoms with E-state index in [2.05, 4.69) is 17.0 Å². The Hall–Kier alpha value is -2.64. The average Bonchev–Trinajstić information content (AvgIpc) is 3.19. The Balaban J connectivity index is 1.59.